The largest absolute Gasteiger partial charge is 0.483 e. The van der Waals surface area contributed by atoms with Crippen molar-refractivity contribution in [2.75, 3.05) is 0 Å². The minimum atomic E-state index is -3.90. The van der Waals surface area contributed by atoms with Crippen molar-refractivity contribution < 1.29 is 17.7 Å². The minimum Gasteiger partial charge on any atom is -0.483 e. The van der Waals surface area contributed by atoms with Crippen LogP contribution in [0.25, 0.3) is 22.2 Å². The predicted molar refractivity (Wildman–Crippen MR) is 99.4 cm³/mol. The summed E-state index contributed by atoms with van der Waals surface area (Å²) in [6.45, 7) is 0.0541. The number of rotatable bonds is 5. The van der Waals surface area contributed by atoms with Crippen LogP contribution in [0, 0.1) is 0 Å². The molecular weight excluding hydrogens is 366 g/mol. The van der Waals surface area contributed by atoms with Crippen LogP contribution in [-0.4, -0.2) is 18.6 Å². The summed E-state index contributed by atoms with van der Waals surface area (Å²) >= 11 is 0. The molecule has 0 radical (unpaired) electrons. The van der Waals surface area contributed by atoms with E-state index in [-0.39, 0.29) is 28.8 Å². The number of hydrogen-bond donors (Lipinski definition) is 1. The van der Waals surface area contributed by atoms with Gasteiger partial charge in [0.2, 0.25) is 15.8 Å². The van der Waals surface area contributed by atoms with Gasteiger partial charge in [0.05, 0.1) is 4.90 Å². The van der Waals surface area contributed by atoms with Crippen molar-refractivity contribution in [3.8, 4) is 17.1 Å². The van der Waals surface area contributed by atoms with Gasteiger partial charge in [-0.2, -0.15) is 4.98 Å². The Kier molecular flexibility index (Phi) is 4.35. The second-order valence-corrected chi connectivity index (χ2v) is 7.35. The molecule has 4 aromatic rings. The van der Waals surface area contributed by atoms with E-state index < -0.39 is 10.0 Å². The lowest BCUT2D eigenvalue weighted by Crippen LogP contribution is -2.13. The van der Waals surface area contributed by atoms with Crippen molar-refractivity contribution in [3.05, 3.63) is 72.6 Å². The fraction of sp³-hybridized carbons (Fsp3) is 0.0526. The van der Waals surface area contributed by atoms with Crippen LogP contribution >= 0.6 is 0 Å². The van der Waals surface area contributed by atoms with Gasteiger partial charge >= 0.3 is 0 Å². The maximum Gasteiger partial charge on any atom is 0.264 e. The first-order valence-electron chi connectivity index (χ1n) is 8.08. The van der Waals surface area contributed by atoms with E-state index in [1.807, 2.05) is 42.5 Å². The van der Waals surface area contributed by atoms with Gasteiger partial charge in [-0.05, 0) is 23.6 Å². The first-order valence-corrected chi connectivity index (χ1v) is 9.62. The van der Waals surface area contributed by atoms with Crippen LogP contribution in [0.3, 0.4) is 0 Å². The molecule has 0 aliphatic rings. The van der Waals surface area contributed by atoms with Gasteiger partial charge in [-0.25, -0.2) is 13.6 Å². The molecule has 2 N–H and O–H groups in total. The Morgan fingerprint density at radius 2 is 1.70 bits per heavy atom. The monoisotopic (exact) mass is 381 g/mol. The quantitative estimate of drug-likeness (QED) is 0.569. The Morgan fingerprint density at radius 3 is 2.56 bits per heavy atom. The van der Waals surface area contributed by atoms with E-state index in [1.165, 1.54) is 6.07 Å². The maximum atomic E-state index is 11.7. The lowest BCUT2D eigenvalue weighted by molar-refractivity contribution is 0.245. The molecule has 0 amide bonds. The highest BCUT2D eigenvalue weighted by Gasteiger charge is 2.19. The highest BCUT2D eigenvalue weighted by Crippen LogP contribution is 2.27. The molecular formula is C19H15N3O4S. The summed E-state index contributed by atoms with van der Waals surface area (Å²) in [6, 6.07) is 19.8. The Bertz CT molecular complexity index is 1210. The van der Waals surface area contributed by atoms with Crippen LogP contribution in [0.2, 0.25) is 0 Å². The zero-order valence-electron chi connectivity index (χ0n) is 14.1. The number of fused-ring (bicyclic) bond motifs is 1. The van der Waals surface area contributed by atoms with Crippen molar-refractivity contribution in [1.82, 2.24) is 10.1 Å². The van der Waals surface area contributed by atoms with E-state index in [2.05, 4.69) is 10.1 Å². The van der Waals surface area contributed by atoms with Crippen LogP contribution in [0.15, 0.2) is 76.1 Å². The van der Waals surface area contributed by atoms with Crippen LogP contribution in [0.4, 0.5) is 0 Å². The van der Waals surface area contributed by atoms with Crippen molar-refractivity contribution in [3.63, 3.8) is 0 Å². The number of ether oxygens (including phenoxy) is 1. The minimum absolute atomic E-state index is 0.0541. The maximum absolute atomic E-state index is 11.7. The number of nitrogens with two attached hydrogens (primary N) is 1. The molecule has 0 aliphatic heterocycles. The van der Waals surface area contributed by atoms with E-state index in [0.29, 0.717) is 5.75 Å². The van der Waals surface area contributed by atoms with Crippen molar-refractivity contribution >= 4 is 20.8 Å². The van der Waals surface area contributed by atoms with Gasteiger partial charge in [0.1, 0.15) is 5.75 Å². The molecule has 1 aromatic heterocycles. The van der Waals surface area contributed by atoms with E-state index in [1.54, 1.807) is 18.2 Å². The average Bonchev–Trinajstić information content (AvgIpc) is 3.14. The molecule has 0 bridgehead atoms. The van der Waals surface area contributed by atoms with Gasteiger partial charge in [-0.15, -0.1) is 0 Å². The normalized spacial score (nSPS) is 11.6. The summed E-state index contributed by atoms with van der Waals surface area (Å²) in [5.74, 6) is 1.05. The third-order valence-electron chi connectivity index (χ3n) is 4.00. The fourth-order valence-electron chi connectivity index (χ4n) is 2.78. The highest BCUT2D eigenvalue weighted by molar-refractivity contribution is 7.89. The van der Waals surface area contributed by atoms with Gasteiger partial charge in [0, 0.05) is 10.9 Å². The molecule has 0 unspecified atom stereocenters. The fourth-order valence-corrected chi connectivity index (χ4v) is 3.52. The number of aromatic nitrogens is 2. The smallest absolute Gasteiger partial charge is 0.264 e. The number of primary sulfonamides is 1. The zero-order chi connectivity index (χ0) is 18.9. The Labute approximate surface area is 155 Å². The molecule has 0 saturated heterocycles. The lowest BCUT2D eigenvalue weighted by atomic mass is 10.1. The molecule has 0 spiro atoms. The predicted octanol–water partition coefficient (Wildman–Crippen LogP) is 3.12. The second kappa shape index (κ2) is 6.82. The molecule has 0 saturated carbocycles. The highest BCUT2D eigenvalue weighted by atomic mass is 32.2. The van der Waals surface area contributed by atoms with E-state index in [9.17, 15) is 8.42 Å². The van der Waals surface area contributed by atoms with Gasteiger partial charge in [-0.1, -0.05) is 53.7 Å². The Balaban J connectivity index is 1.59. The molecule has 4 rings (SSSR count). The van der Waals surface area contributed by atoms with E-state index in [0.717, 1.165) is 10.8 Å². The topological polar surface area (TPSA) is 108 Å². The lowest BCUT2D eigenvalue weighted by Gasteiger charge is -2.07. The van der Waals surface area contributed by atoms with Crippen LogP contribution < -0.4 is 9.88 Å². The molecule has 7 nitrogen and oxygen atoms in total. The number of hydrogen-bond acceptors (Lipinski definition) is 6. The van der Waals surface area contributed by atoms with Gasteiger partial charge in [0.15, 0.2) is 6.61 Å². The Hall–Kier alpha value is -3.23. The van der Waals surface area contributed by atoms with E-state index in [4.69, 9.17) is 14.4 Å². The summed E-state index contributed by atoms with van der Waals surface area (Å²) in [5.41, 5.74) is 0.278. The number of benzene rings is 3. The van der Waals surface area contributed by atoms with Crippen LogP contribution in [0.5, 0.6) is 5.75 Å². The molecule has 0 fully saturated rings. The molecule has 0 atom stereocenters. The first-order chi connectivity index (χ1) is 13.0. The second-order valence-electron chi connectivity index (χ2n) is 5.82. The van der Waals surface area contributed by atoms with Crippen LogP contribution in [0.1, 0.15) is 5.89 Å². The van der Waals surface area contributed by atoms with Crippen molar-refractivity contribution in [1.29, 1.82) is 0 Å². The standard InChI is InChI=1S/C19H15N3O4S/c20-27(23,24)17-11-4-3-9-15(17)19-21-18(26-22-19)12-25-16-10-5-7-13-6-1-2-8-14(13)16/h1-11H,12H2,(H2,20,23,24). The van der Waals surface area contributed by atoms with Gasteiger partial charge in [0.25, 0.3) is 5.89 Å². The summed E-state index contributed by atoms with van der Waals surface area (Å²) in [7, 11) is -3.90. The number of nitrogens with zero attached hydrogens (tertiary/aromatic N) is 2. The third-order valence-corrected chi connectivity index (χ3v) is 4.97. The van der Waals surface area contributed by atoms with Crippen molar-refractivity contribution in [2.24, 2.45) is 5.14 Å². The summed E-state index contributed by atoms with van der Waals surface area (Å²) in [5, 5.41) is 11.1. The van der Waals surface area contributed by atoms with Gasteiger partial charge in [-0.3, -0.25) is 0 Å². The molecule has 0 aliphatic carbocycles. The molecule has 3 aromatic carbocycles. The molecule has 1 heterocycles. The molecule has 136 valence electrons. The molecule has 27 heavy (non-hydrogen) atoms. The number of sulfonamides is 1. The van der Waals surface area contributed by atoms with Gasteiger partial charge < -0.3 is 9.26 Å². The van der Waals surface area contributed by atoms with Crippen LogP contribution in [-0.2, 0) is 16.6 Å². The summed E-state index contributed by atoms with van der Waals surface area (Å²) in [6.07, 6.45) is 0. The zero-order valence-corrected chi connectivity index (χ0v) is 14.9. The SMILES string of the molecule is NS(=O)(=O)c1ccccc1-c1noc(COc2cccc3ccccc23)n1. The average molecular weight is 381 g/mol. The van der Waals surface area contributed by atoms with Crippen molar-refractivity contribution in [2.45, 2.75) is 11.5 Å². The van der Waals surface area contributed by atoms with E-state index >= 15 is 0 Å². The third kappa shape index (κ3) is 3.53. The summed E-state index contributed by atoms with van der Waals surface area (Å²) < 4.78 is 34.5. The summed E-state index contributed by atoms with van der Waals surface area (Å²) in [4.78, 5) is 4.16. The Morgan fingerprint density at radius 1 is 0.963 bits per heavy atom. The molecule has 8 heteroatoms. The first kappa shape index (κ1) is 17.2.